The lowest BCUT2D eigenvalue weighted by atomic mass is 10.1. The normalized spacial score (nSPS) is 13.9. The van der Waals surface area contributed by atoms with Gasteiger partial charge >= 0.3 is 0 Å². The molecule has 108 valence electrons. The van der Waals surface area contributed by atoms with Crippen LogP contribution in [-0.4, -0.2) is 17.6 Å². The highest BCUT2D eigenvalue weighted by Gasteiger charge is 2.21. The molecule has 0 radical (unpaired) electrons. The SMILES string of the molecule is CC(C)=CCOc1ccc([N+](=O)[O-])cc1CNC1CC1. The zero-order chi connectivity index (χ0) is 14.5. The smallest absolute Gasteiger partial charge is 0.270 e. The summed E-state index contributed by atoms with van der Waals surface area (Å²) in [6, 6.07) is 5.31. The Hall–Kier alpha value is -1.88. The number of non-ortho nitro benzene ring substituents is 1. The third-order valence-corrected chi connectivity index (χ3v) is 3.14. The Morgan fingerprint density at radius 2 is 2.25 bits per heavy atom. The summed E-state index contributed by atoms with van der Waals surface area (Å²) in [7, 11) is 0. The van der Waals surface area contributed by atoms with Crippen LogP contribution in [0.25, 0.3) is 0 Å². The molecule has 0 aromatic heterocycles. The molecule has 1 N–H and O–H groups in total. The largest absolute Gasteiger partial charge is 0.489 e. The van der Waals surface area contributed by atoms with Crippen molar-refractivity contribution in [2.45, 2.75) is 39.3 Å². The van der Waals surface area contributed by atoms with Crippen LogP contribution in [0, 0.1) is 10.1 Å². The van der Waals surface area contributed by atoms with E-state index in [1.807, 2.05) is 19.9 Å². The second-order valence-electron chi connectivity index (χ2n) is 5.30. The van der Waals surface area contributed by atoms with E-state index in [1.54, 1.807) is 12.1 Å². The van der Waals surface area contributed by atoms with Crippen molar-refractivity contribution in [3.05, 3.63) is 45.5 Å². The predicted octanol–water partition coefficient (Wildman–Crippen LogP) is 3.19. The molecule has 1 saturated carbocycles. The van der Waals surface area contributed by atoms with Crippen LogP contribution in [0.3, 0.4) is 0 Å². The average Bonchev–Trinajstić information content (AvgIpc) is 3.20. The Morgan fingerprint density at radius 1 is 1.50 bits per heavy atom. The van der Waals surface area contributed by atoms with Gasteiger partial charge in [-0.05, 0) is 38.8 Å². The van der Waals surface area contributed by atoms with Gasteiger partial charge in [-0.1, -0.05) is 5.57 Å². The molecule has 0 heterocycles. The summed E-state index contributed by atoms with van der Waals surface area (Å²) in [5.41, 5.74) is 2.13. The quantitative estimate of drug-likeness (QED) is 0.472. The number of benzene rings is 1. The number of rotatable bonds is 7. The van der Waals surface area contributed by atoms with E-state index in [9.17, 15) is 10.1 Å². The van der Waals surface area contributed by atoms with Gasteiger partial charge in [-0.2, -0.15) is 0 Å². The first kappa shape index (κ1) is 14.5. The summed E-state index contributed by atoms with van der Waals surface area (Å²) < 4.78 is 5.70. The fourth-order valence-electron chi connectivity index (χ4n) is 1.80. The van der Waals surface area contributed by atoms with E-state index in [1.165, 1.54) is 24.5 Å². The van der Waals surface area contributed by atoms with Gasteiger partial charge in [-0.3, -0.25) is 10.1 Å². The van der Waals surface area contributed by atoms with Crippen LogP contribution in [0.15, 0.2) is 29.8 Å². The molecule has 0 amide bonds. The molecule has 0 spiro atoms. The van der Waals surface area contributed by atoms with Crippen LogP contribution in [0.2, 0.25) is 0 Å². The van der Waals surface area contributed by atoms with Crippen LogP contribution in [0.5, 0.6) is 5.75 Å². The van der Waals surface area contributed by atoms with Crippen molar-refractivity contribution in [2.75, 3.05) is 6.61 Å². The Balaban J connectivity index is 2.10. The van der Waals surface area contributed by atoms with Gasteiger partial charge in [0.1, 0.15) is 12.4 Å². The van der Waals surface area contributed by atoms with Crippen molar-refractivity contribution in [3.8, 4) is 5.75 Å². The number of hydrogen-bond donors (Lipinski definition) is 1. The highest BCUT2D eigenvalue weighted by molar-refractivity contribution is 5.44. The van der Waals surface area contributed by atoms with Crippen molar-refractivity contribution in [1.29, 1.82) is 0 Å². The van der Waals surface area contributed by atoms with Crippen molar-refractivity contribution >= 4 is 5.69 Å². The fourth-order valence-corrected chi connectivity index (χ4v) is 1.80. The number of allylic oxidation sites excluding steroid dienone is 1. The van der Waals surface area contributed by atoms with E-state index < -0.39 is 0 Å². The lowest BCUT2D eigenvalue weighted by Gasteiger charge is -2.11. The summed E-state index contributed by atoms with van der Waals surface area (Å²) in [6.45, 7) is 5.11. The molecule has 0 saturated heterocycles. The Bertz CT molecular complexity index is 518. The van der Waals surface area contributed by atoms with Gasteiger partial charge in [0, 0.05) is 30.3 Å². The van der Waals surface area contributed by atoms with Crippen molar-refractivity contribution < 1.29 is 9.66 Å². The highest BCUT2D eigenvalue weighted by atomic mass is 16.6. The minimum Gasteiger partial charge on any atom is -0.489 e. The molecule has 20 heavy (non-hydrogen) atoms. The third-order valence-electron chi connectivity index (χ3n) is 3.14. The van der Waals surface area contributed by atoms with Crippen molar-refractivity contribution in [2.24, 2.45) is 0 Å². The van der Waals surface area contributed by atoms with E-state index in [2.05, 4.69) is 5.32 Å². The van der Waals surface area contributed by atoms with E-state index in [-0.39, 0.29) is 10.6 Å². The van der Waals surface area contributed by atoms with Crippen molar-refractivity contribution in [3.63, 3.8) is 0 Å². The average molecular weight is 276 g/mol. The third kappa shape index (κ3) is 4.35. The number of nitrogens with one attached hydrogen (secondary N) is 1. The van der Waals surface area contributed by atoms with E-state index >= 15 is 0 Å². The Morgan fingerprint density at radius 3 is 2.85 bits per heavy atom. The highest BCUT2D eigenvalue weighted by Crippen LogP contribution is 2.26. The Labute approximate surface area is 118 Å². The maximum absolute atomic E-state index is 10.9. The van der Waals surface area contributed by atoms with Gasteiger partial charge in [0.15, 0.2) is 0 Å². The molecule has 1 aliphatic rings. The topological polar surface area (TPSA) is 64.4 Å². The number of ether oxygens (including phenoxy) is 1. The standard InChI is InChI=1S/C15H20N2O3/c1-11(2)7-8-20-15-6-5-14(17(18)19)9-12(15)10-16-13-3-4-13/h5-7,9,13,16H,3-4,8,10H2,1-2H3. The molecule has 5 nitrogen and oxygen atoms in total. The fraction of sp³-hybridized carbons (Fsp3) is 0.467. The zero-order valence-corrected chi connectivity index (χ0v) is 11.9. The molecule has 1 aromatic carbocycles. The van der Waals surface area contributed by atoms with Gasteiger partial charge in [0.25, 0.3) is 5.69 Å². The van der Waals surface area contributed by atoms with Gasteiger partial charge in [0.05, 0.1) is 4.92 Å². The monoisotopic (exact) mass is 276 g/mol. The first-order chi connectivity index (χ1) is 9.56. The molecule has 1 fully saturated rings. The number of nitro groups is 1. The lowest BCUT2D eigenvalue weighted by molar-refractivity contribution is -0.384. The first-order valence-electron chi connectivity index (χ1n) is 6.83. The molecule has 5 heteroatoms. The van der Waals surface area contributed by atoms with Gasteiger partial charge in [-0.25, -0.2) is 0 Å². The second-order valence-corrected chi connectivity index (χ2v) is 5.30. The van der Waals surface area contributed by atoms with E-state index in [0.717, 1.165) is 5.56 Å². The zero-order valence-electron chi connectivity index (χ0n) is 11.9. The number of nitrogens with zero attached hydrogens (tertiary/aromatic N) is 1. The molecule has 1 aliphatic carbocycles. The predicted molar refractivity (Wildman–Crippen MR) is 77.9 cm³/mol. The summed E-state index contributed by atoms with van der Waals surface area (Å²) >= 11 is 0. The number of hydrogen-bond acceptors (Lipinski definition) is 4. The molecule has 2 rings (SSSR count). The molecule has 0 unspecified atom stereocenters. The maximum Gasteiger partial charge on any atom is 0.270 e. The molecule has 1 aromatic rings. The van der Waals surface area contributed by atoms with E-state index in [0.29, 0.717) is 24.9 Å². The number of nitro benzene ring substituents is 1. The Kier molecular flexibility index (Phi) is 4.74. The molecular formula is C15H20N2O3. The van der Waals surface area contributed by atoms with Crippen LogP contribution in [0.4, 0.5) is 5.69 Å². The van der Waals surface area contributed by atoms with E-state index in [4.69, 9.17) is 4.74 Å². The summed E-state index contributed by atoms with van der Waals surface area (Å²) in [6.07, 6.45) is 4.35. The molecular weight excluding hydrogens is 256 g/mol. The maximum atomic E-state index is 10.9. The van der Waals surface area contributed by atoms with Crippen molar-refractivity contribution in [1.82, 2.24) is 5.32 Å². The van der Waals surface area contributed by atoms with Gasteiger partial charge < -0.3 is 10.1 Å². The van der Waals surface area contributed by atoms with Crippen LogP contribution in [0.1, 0.15) is 32.3 Å². The van der Waals surface area contributed by atoms with Crippen LogP contribution < -0.4 is 10.1 Å². The molecule has 0 bridgehead atoms. The summed E-state index contributed by atoms with van der Waals surface area (Å²) in [4.78, 5) is 10.5. The minimum absolute atomic E-state index is 0.104. The van der Waals surface area contributed by atoms with Crippen LogP contribution >= 0.6 is 0 Å². The summed E-state index contributed by atoms with van der Waals surface area (Å²) in [5, 5.41) is 14.2. The first-order valence-corrected chi connectivity index (χ1v) is 6.83. The molecule has 0 atom stereocenters. The van der Waals surface area contributed by atoms with Gasteiger partial charge in [0.2, 0.25) is 0 Å². The second kappa shape index (κ2) is 6.52. The molecule has 0 aliphatic heterocycles. The summed E-state index contributed by atoms with van der Waals surface area (Å²) in [5.74, 6) is 0.709. The van der Waals surface area contributed by atoms with Crippen LogP contribution in [-0.2, 0) is 6.54 Å². The lowest BCUT2D eigenvalue weighted by Crippen LogP contribution is -2.16. The van der Waals surface area contributed by atoms with Gasteiger partial charge in [-0.15, -0.1) is 0 Å². The minimum atomic E-state index is -0.375.